The van der Waals surface area contributed by atoms with Gasteiger partial charge in [-0.2, -0.15) is 8.78 Å². The molecule has 5 nitrogen and oxygen atoms in total. The summed E-state index contributed by atoms with van der Waals surface area (Å²) in [6.45, 7) is 0.529. The van der Waals surface area contributed by atoms with Gasteiger partial charge in [0.1, 0.15) is 6.61 Å². The van der Waals surface area contributed by atoms with Gasteiger partial charge in [-0.25, -0.2) is 17.8 Å². The third-order valence-electron chi connectivity index (χ3n) is 3.35. The molecular weight excluding hydrogens is 353 g/mol. The van der Waals surface area contributed by atoms with Crippen molar-refractivity contribution in [3.8, 4) is 0 Å². The molecule has 1 aliphatic rings. The molecule has 2 rings (SSSR count). The Morgan fingerprint density at radius 3 is 2.78 bits per heavy atom. The van der Waals surface area contributed by atoms with Gasteiger partial charge >= 0.3 is 6.08 Å². The Bertz CT molecular complexity index is 693. The third-order valence-corrected chi connectivity index (χ3v) is 6.47. The lowest BCUT2D eigenvalue weighted by atomic mass is 9.86. The molecule has 0 amide bonds. The normalized spacial score (nSPS) is 15.6. The van der Waals surface area contributed by atoms with Gasteiger partial charge in [0, 0.05) is 12.6 Å². The van der Waals surface area contributed by atoms with Crippen LogP contribution in [0.4, 0.5) is 13.2 Å². The van der Waals surface area contributed by atoms with E-state index in [1.807, 2.05) is 0 Å². The van der Waals surface area contributed by atoms with Crippen LogP contribution in [-0.2, 0) is 14.7 Å². The SMILES string of the molecule is O=S(=O)(CCC(F)=C(F)F)c1ncc(C=NOCC2CCC2)s1. The van der Waals surface area contributed by atoms with E-state index in [0.717, 1.165) is 24.2 Å². The number of thiazole rings is 1. The smallest absolute Gasteiger partial charge is 0.301 e. The van der Waals surface area contributed by atoms with Crippen molar-refractivity contribution in [1.29, 1.82) is 0 Å². The van der Waals surface area contributed by atoms with Gasteiger partial charge in [0.2, 0.25) is 14.2 Å². The molecule has 1 aliphatic carbocycles. The molecule has 0 radical (unpaired) electrons. The van der Waals surface area contributed by atoms with Gasteiger partial charge in [0.15, 0.2) is 5.83 Å². The summed E-state index contributed by atoms with van der Waals surface area (Å²) in [5, 5.41) is 3.74. The third kappa shape index (κ3) is 5.31. The zero-order valence-electron chi connectivity index (χ0n) is 12.0. The average Bonchev–Trinajstić information content (AvgIpc) is 2.92. The first kappa shape index (κ1) is 17.9. The zero-order valence-corrected chi connectivity index (χ0v) is 13.7. The van der Waals surface area contributed by atoms with E-state index in [2.05, 4.69) is 10.1 Å². The quantitative estimate of drug-likeness (QED) is 0.520. The number of aromatic nitrogens is 1. The summed E-state index contributed by atoms with van der Waals surface area (Å²) >= 11 is 0.824. The minimum absolute atomic E-state index is 0.259. The monoisotopic (exact) mass is 368 g/mol. The molecule has 1 aromatic rings. The lowest BCUT2D eigenvalue weighted by molar-refractivity contribution is 0.0768. The van der Waals surface area contributed by atoms with Crippen LogP contribution >= 0.6 is 11.3 Å². The molecule has 0 spiro atoms. The number of nitrogens with zero attached hydrogens (tertiary/aromatic N) is 2. The molecule has 1 aromatic heterocycles. The molecule has 0 bridgehead atoms. The van der Waals surface area contributed by atoms with Crippen molar-refractivity contribution in [2.45, 2.75) is 30.0 Å². The maximum absolute atomic E-state index is 12.7. The summed E-state index contributed by atoms with van der Waals surface area (Å²) in [7, 11) is -3.91. The number of sulfone groups is 1. The number of hydrogen-bond donors (Lipinski definition) is 0. The Kier molecular flexibility index (Phi) is 6.17. The van der Waals surface area contributed by atoms with E-state index >= 15 is 0 Å². The van der Waals surface area contributed by atoms with E-state index in [-0.39, 0.29) is 4.34 Å². The molecule has 0 N–H and O–H groups in total. The van der Waals surface area contributed by atoms with Crippen LogP contribution in [0.2, 0.25) is 0 Å². The summed E-state index contributed by atoms with van der Waals surface area (Å²) in [6, 6.07) is 0. The van der Waals surface area contributed by atoms with Crippen molar-refractivity contribution < 1.29 is 26.4 Å². The highest BCUT2D eigenvalue weighted by Crippen LogP contribution is 2.26. The van der Waals surface area contributed by atoms with Crippen LogP contribution < -0.4 is 0 Å². The Labute approximate surface area is 135 Å². The molecule has 1 fully saturated rings. The molecule has 0 aliphatic heterocycles. The molecule has 0 aromatic carbocycles. The molecule has 10 heteroatoms. The highest BCUT2D eigenvalue weighted by Gasteiger charge is 2.21. The second-order valence-corrected chi connectivity index (χ2v) is 8.44. The summed E-state index contributed by atoms with van der Waals surface area (Å²) in [5.41, 5.74) is 0. The second-order valence-electron chi connectivity index (χ2n) is 5.09. The molecule has 0 saturated heterocycles. The molecular formula is C13H15F3N2O3S2. The van der Waals surface area contributed by atoms with Crippen LogP contribution in [0.1, 0.15) is 30.6 Å². The lowest BCUT2D eigenvalue weighted by Crippen LogP contribution is -2.16. The molecule has 0 unspecified atom stereocenters. The van der Waals surface area contributed by atoms with Gasteiger partial charge in [0.05, 0.1) is 16.8 Å². The van der Waals surface area contributed by atoms with E-state index in [1.165, 1.54) is 18.8 Å². The van der Waals surface area contributed by atoms with Gasteiger partial charge in [-0.05, 0) is 18.8 Å². The number of rotatable bonds is 8. The first-order valence-electron chi connectivity index (χ1n) is 6.92. The van der Waals surface area contributed by atoms with Crippen LogP contribution in [0.15, 0.2) is 27.6 Å². The van der Waals surface area contributed by atoms with Crippen molar-refractivity contribution >= 4 is 27.4 Å². The van der Waals surface area contributed by atoms with E-state index in [4.69, 9.17) is 4.84 Å². The fourth-order valence-corrected chi connectivity index (χ4v) is 4.17. The van der Waals surface area contributed by atoms with E-state index in [1.54, 1.807) is 0 Å². The fourth-order valence-electron chi connectivity index (χ4n) is 1.78. The Morgan fingerprint density at radius 2 is 2.17 bits per heavy atom. The van der Waals surface area contributed by atoms with Gasteiger partial charge in [-0.1, -0.05) is 11.6 Å². The van der Waals surface area contributed by atoms with Gasteiger partial charge in [-0.3, -0.25) is 0 Å². The first-order valence-corrected chi connectivity index (χ1v) is 9.39. The molecule has 0 atom stereocenters. The second kappa shape index (κ2) is 7.91. The predicted octanol–water partition coefficient (Wildman–Crippen LogP) is 3.54. The average molecular weight is 368 g/mol. The van der Waals surface area contributed by atoms with E-state index in [0.29, 0.717) is 17.4 Å². The van der Waals surface area contributed by atoms with Crippen LogP contribution in [0.25, 0.3) is 0 Å². The topological polar surface area (TPSA) is 68.6 Å². The lowest BCUT2D eigenvalue weighted by Gasteiger charge is -2.23. The fraction of sp³-hybridized carbons (Fsp3) is 0.538. The van der Waals surface area contributed by atoms with Gasteiger partial charge in [0.25, 0.3) is 0 Å². The molecule has 23 heavy (non-hydrogen) atoms. The van der Waals surface area contributed by atoms with Crippen LogP contribution in [0.3, 0.4) is 0 Å². The zero-order chi connectivity index (χ0) is 16.9. The van der Waals surface area contributed by atoms with Crippen LogP contribution in [-0.4, -0.2) is 32.0 Å². The molecule has 128 valence electrons. The van der Waals surface area contributed by atoms with Crippen LogP contribution in [0, 0.1) is 5.92 Å². The Morgan fingerprint density at radius 1 is 1.43 bits per heavy atom. The summed E-state index contributed by atoms with van der Waals surface area (Å²) in [6.07, 6.45) is 2.71. The summed E-state index contributed by atoms with van der Waals surface area (Å²) in [5.74, 6) is -1.96. The van der Waals surface area contributed by atoms with E-state index in [9.17, 15) is 21.6 Å². The van der Waals surface area contributed by atoms with Gasteiger partial charge < -0.3 is 4.84 Å². The summed E-state index contributed by atoms with van der Waals surface area (Å²) < 4.78 is 60.1. The standard InChI is InChI=1S/C13H15F3N2O3S2/c14-11(12(15)16)4-5-23(19,20)13-17-6-10(22-13)7-18-21-8-9-2-1-3-9/h6-7,9H,1-5,8H2. The molecule has 1 saturated carbocycles. The Hall–Kier alpha value is -1.42. The predicted molar refractivity (Wildman–Crippen MR) is 80.0 cm³/mol. The van der Waals surface area contributed by atoms with Crippen molar-refractivity contribution in [3.63, 3.8) is 0 Å². The van der Waals surface area contributed by atoms with Crippen molar-refractivity contribution in [2.75, 3.05) is 12.4 Å². The maximum atomic E-state index is 12.7. The molecule has 1 heterocycles. The highest BCUT2D eigenvalue weighted by atomic mass is 32.2. The largest absolute Gasteiger partial charge is 0.395 e. The van der Waals surface area contributed by atoms with Crippen molar-refractivity contribution in [2.24, 2.45) is 11.1 Å². The van der Waals surface area contributed by atoms with Gasteiger partial charge in [-0.15, -0.1) is 11.3 Å². The first-order chi connectivity index (χ1) is 10.9. The van der Waals surface area contributed by atoms with E-state index < -0.39 is 33.9 Å². The number of allylic oxidation sites excluding steroid dienone is 1. The van der Waals surface area contributed by atoms with Crippen molar-refractivity contribution in [3.05, 3.63) is 23.0 Å². The highest BCUT2D eigenvalue weighted by molar-refractivity contribution is 7.93. The minimum atomic E-state index is -3.91. The van der Waals surface area contributed by atoms with Crippen LogP contribution in [0.5, 0.6) is 0 Å². The maximum Gasteiger partial charge on any atom is 0.301 e. The summed E-state index contributed by atoms with van der Waals surface area (Å²) in [4.78, 5) is 9.26. The Balaban J connectivity index is 1.89. The van der Waals surface area contributed by atoms with Crippen molar-refractivity contribution in [1.82, 2.24) is 4.98 Å². The number of oxime groups is 1. The minimum Gasteiger partial charge on any atom is -0.395 e. The number of halogens is 3. The number of hydrogen-bond acceptors (Lipinski definition) is 6.